The fraction of sp³-hybridized carbons (Fsp3) is 1.00. The van der Waals surface area contributed by atoms with Crippen LogP contribution in [0.25, 0.3) is 0 Å². The average molecular weight is 260 g/mol. The molecule has 100 valence electrons. The van der Waals surface area contributed by atoms with E-state index in [9.17, 15) is 8.42 Å². The van der Waals surface area contributed by atoms with Crippen molar-refractivity contribution in [3.63, 3.8) is 0 Å². The lowest BCUT2D eigenvalue weighted by atomic mass is 9.88. The van der Waals surface area contributed by atoms with Crippen molar-refractivity contribution in [2.24, 2.45) is 23.5 Å². The molecule has 1 aliphatic carbocycles. The van der Waals surface area contributed by atoms with Gasteiger partial charge in [-0.25, -0.2) is 12.7 Å². The number of hydrogen-bond donors (Lipinski definition) is 1. The fourth-order valence-electron chi connectivity index (χ4n) is 2.53. The molecule has 0 bridgehead atoms. The maximum absolute atomic E-state index is 12.2. The van der Waals surface area contributed by atoms with Crippen LogP contribution in [-0.2, 0) is 10.0 Å². The molecule has 4 nitrogen and oxygen atoms in total. The summed E-state index contributed by atoms with van der Waals surface area (Å²) in [5.41, 5.74) is 5.71. The summed E-state index contributed by atoms with van der Waals surface area (Å²) >= 11 is 0. The molecule has 1 heterocycles. The summed E-state index contributed by atoms with van der Waals surface area (Å²) in [7, 11) is -3.03. The molecule has 2 fully saturated rings. The normalized spacial score (nSPS) is 31.6. The van der Waals surface area contributed by atoms with Gasteiger partial charge in [-0.15, -0.1) is 0 Å². The summed E-state index contributed by atoms with van der Waals surface area (Å²) in [5, 5.41) is 0. The van der Waals surface area contributed by atoms with Gasteiger partial charge in [-0.3, -0.25) is 0 Å². The topological polar surface area (TPSA) is 63.4 Å². The van der Waals surface area contributed by atoms with Gasteiger partial charge in [-0.05, 0) is 37.1 Å². The summed E-state index contributed by atoms with van der Waals surface area (Å²) in [6.07, 6.45) is 4.24. The molecular formula is C12H24N2O2S. The number of piperidine rings is 1. The highest BCUT2D eigenvalue weighted by atomic mass is 32.2. The molecule has 0 aromatic rings. The van der Waals surface area contributed by atoms with E-state index in [0.717, 1.165) is 12.8 Å². The molecule has 2 rings (SSSR count). The van der Waals surface area contributed by atoms with Gasteiger partial charge in [0.1, 0.15) is 0 Å². The highest BCUT2D eigenvalue weighted by molar-refractivity contribution is 7.89. The van der Waals surface area contributed by atoms with E-state index in [-0.39, 0.29) is 0 Å². The highest BCUT2D eigenvalue weighted by Gasteiger charge is 2.33. The van der Waals surface area contributed by atoms with Crippen LogP contribution in [0.2, 0.25) is 0 Å². The molecule has 1 saturated heterocycles. The van der Waals surface area contributed by atoms with E-state index < -0.39 is 10.0 Å². The summed E-state index contributed by atoms with van der Waals surface area (Å²) in [6, 6.07) is 0. The molecule has 2 N–H and O–H groups in total. The second-order valence-electron chi connectivity index (χ2n) is 5.67. The van der Waals surface area contributed by atoms with E-state index >= 15 is 0 Å². The quantitative estimate of drug-likeness (QED) is 0.803. The molecule has 2 atom stereocenters. The number of hydrogen-bond acceptors (Lipinski definition) is 3. The molecule has 0 spiro atoms. The lowest BCUT2D eigenvalue weighted by Crippen LogP contribution is -2.46. The Morgan fingerprint density at radius 3 is 2.59 bits per heavy atom. The molecule has 2 aliphatic rings. The van der Waals surface area contributed by atoms with Gasteiger partial charge in [0, 0.05) is 13.1 Å². The number of nitrogens with zero attached hydrogens (tertiary/aromatic N) is 1. The Morgan fingerprint density at radius 2 is 2.00 bits per heavy atom. The van der Waals surface area contributed by atoms with E-state index in [4.69, 9.17) is 5.73 Å². The first-order chi connectivity index (χ1) is 8.03. The Morgan fingerprint density at radius 1 is 1.29 bits per heavy atom. The molecule has 0 aromatic heterocycles. The SMILES string of the molecule is CC1CCN(S(=O)(=O)CCC2CC2)CC1CN. The average Bonchev–Trinajstić information content (AvgIpc) is 3.10. The van der Waals surface area contributed by atoms with Crippen LogP contribution in [0.5, 0.6) is 0 Å². The third-order valence-electron chi connectivity index (χ3n) is 4.25. The van der Waals surface area contributed by atoms with E-state index in [2.05, 4.69) is 6.92 Å². The van der Waals surface area contributed by atoms with Gasteiger partial charge in [0.2, 0.25) is 10.0 Å². The Labute approximate surface area is 105 Å². The largest absolute Gasteiger partial charge is 0.330 e. The summed E-state index contributed by atoms with van der Waals surface area (Å²) in [4.78, 5) is 0. The van der Waals surface area contributed by atoms with Crippen LogP contribution in [0.15, 0.2) is 0 Å². The highest BCUT2D eigenvalue weighted by Crippen LogP contribution is 2.33. The van der Waals surface area contributed by atoms with Gasteiger partial charge in [0.15, 0.2) is 0 Å². The van der Waals surface area contributed by atoms with Gasteiger partial charge in [0.05, 0.1) is 5.75 Å². The first kappa shape index (κ1) is 13.3. The minimum absolute atomic E-state index is 0.333. The van der Waals surface area contributed by atoms with E-state index in [1.165, 1.54) is 12.8 Å². The van der Waals surface area contributed by atoms with E-state index in [0.29, 0.717) is 43.1 Å². The van der Waals surface area contributed by atoms with Crippen molar-refractivity contribution >= 4 is 10.0 Å². The van der Waals surface area contributed by atoms with Gasteiger partial charge >= 0.3 is 0 Å². The first-order valence-electron chi connectivity index (χ1n) is 6.71. The zero-order chi connectivity index (χ0) is 12.5. The van der Waals surface area contributed by atoms with Crippen LogP contribution < -0.4 is 5.73 Å². The van der Waals surface area contributed by atoms with E-state index in [1.54, 1.807) is 4.31 Å². The van der Waals surface area contributed by atoms with Crippen LogP contribution in [0.4, 0.5) is 0 Å². The lowest BCUT2D eigenvalue weighted by Gasteiger charge is -2.35. The minimum atomic E-state index is -3.03. The Balaban J connectivity index is 1.91. The maximum atomic E-state index is 12.2. The standard InChI is InChI=1S/C12H24N2O2S/c1-10-4-6-14(9-12(10)8-13)17(15,16)7-5-11-2-3-11/h10-12H,2-9,13H2,1H3. The minimum Gasteiger partial charge on any atom is -0.330 e. The fourth-order valence-corrected chi connectivity index (χ4v) is 4.22. The molecule has 0 radical (unpaired) electrons. The van der Waals surface area contributed by atoms with Crippen molar-refractivity contribution in [3.8, 4) is 0 Å². The van der Waals surface area contributed by atoms with Crippen LogP contribution in [-0.4, -0.2) is 38.1 Å². The van der Waals surface area contributed by atoms with Gasteiger partial charge in [-0.2, -0.15) is 0 Å². The Kier molecular flexibility index (Phi) is 4.10. The van der Waals surface area contributed by atoms with Crippen LogP contribution in [0.3, 0.4) is 0 Å². The lowest BCUT2D eigenvalue weighted by molar-refractivity contribution is 0.203. The molecule has 2 unspecified atom stereocenters. The molecule has 0 amide bonds. The molecule has 1 saturated carbocycles. The summed E-state index contributed by atoms with van der Waals surface area (Å²) < 4.78 is 26.0. The third-order valence-corrected chi connectivity index (χ3v) is 6.12. The second-order valence-corrected chi connectivity index (χ2v) is 7.76. The van der Waals surface area contributed by atoms with Gasteiger partial charge in [-0.1, -0.05) is 19.8 Å². The smallest absolute Gasteiger partial charge is 0.214 e. The molecule has 0 aromatic carbocycles. The molecule has 5 heteroatoms. The number of nitrogens with two attached hydrogens (primary N) is 1. The second kappa shape index (κ2) is 5.24. The predicted molar refractivity (Wildman–Crippen MR) is 69.0 cm³/mol. The Hall–Kier alpha value is -0.130. The van der Waals surface area contributed by atoms with Crippen molar-refractivity contribution in [3.05, 3.63) is 0 Å². The molecule has 17 heavy (non-hydrogen) atoms. The van der Waals surface area contributed by atoms with Crippen molar-refractivity contribution < 1.29 is 8.42 Å². The van der Waals surface area contributed by atoms with Crippen LogP contribution >= 0.6 is 0 Å². The van der Waals surface area contributed by atoms with Crippen LogP contribution in [0, 0.1) is 17.8 Å². The van der Waals surface area contributed by atoms with E-state index in [1.807, 2.05) is 0 Å². The number of rotatable bonds is 5. The molecule has 1 aliphatic heterocycles. The van der Waals surface area contributed by atoms with Crippen molar-refractivity contribution in [1.29, 1.82) is 0 Å². The molecular weight excluding hydrogens is 236 g/mol. The van der Waals surface area contributed by atoms with Crippen molar-refractivity contribution in [2.45, 2.75) is 32.6 Å². The number of sulfonamides is 1. The summed E-state index contributed by atoms with van der Waals surface area (Å²) in [5.74, 6) is 1.90. The Bertz CT molecular complexity index is 352. The zero-order valence-corrected chi connectivity index (χ0v) is 11.5. The maximum Gasteiger partial charge on any atom is 0.214 e. The van der Waals surface area contributed by atoms with Gasteiger partial charge < -0.3 is 5.73 Å². The monoisotopic (exact) mass is 260 g/mol. The zero-order valence-electron chi connectivity index (χ0n) is 10.6. The first-order valence-corrected chi connectivity index (χ1v) is 8.31. The van der Waals surface area contributed by atoms with Crippen LogP contribution in [0.1, 0.15) is 32.6 Å². The van der Waals surface area contributed by atoms with Gasteiger partial charge in [0.25, 0.3) is 0 Å². The van der Waals surface area contributed by atoms with Crippen molar-refractivity contribution in [1.82, 2.24) is 4.31 Å². The van der Waals surface area contributed by atoms with Crippen molar-refractivity contribution in [2.75, 3.05) is 25.4 Å². The third kappa shape index (κ3) is 3.42. The predicted octanol–water partition coefficient (Wildman–Crippen LogP) is 1.03. The summed E-state index contributed by atoms with van der Waals surface area (Å²) in [6.45, 7) is 4.08.